The molecule has 1 aromatic rings. The first-order valence-corrected chi connectivity index (χ1v) is 10.7. The second-order valence-electron chi connectivity index (χ2n) is 6.14. The molecule has 0 amide bonds. The van der Waals surface area contributed by atoms with Gasteiger partial charge >= 0.3 is 0 Å². The van der Waals surface area contributed by atoms with E-state index in [9.17, 15) is 16.8 Å². The average molecular weight is 377 g/mol. The van der Waals surface area contributed by atoms with Gasteiger partial charge in [-0.25, -0.2) is 25.9 Å². The van der Waals surface area contributed by atoms with Crippen molar-refractivity contribution in [2.45, 2.75) is 42.6 Å². The second-order valence-corrected chi connectivity index (χ2v) is 10.2. The van der Waals surface area contributed by atoms with Crippen molar-refractivity contribution in [3.8, 4) is 0 Å². The fourth-order valence-electron chi connectivity index (χ4n) is 2.66. The molecule has 0 aromatic heterocycles. The molecule has 0 spiro atoms. The minimum Gasteiger partial charge on any atom is -0.377 e. The van der Waals surface area contributed by atoms with Crippen molar-refractivity contribution in [3.05, 3.63) is 29.8 Å². The summed E-state index contributed by atoms with van der Waals surface area (Å²) >= 11 is 0. The summed E-state index contributed by atoms with van der Waals surface area (Å²) in [4.78, 5) is 0.170. The summed E-state index contributed by atoms with van der Waals surface area (Å²) in [5.41, 5.74) is 0.697. The zero-order valence-electron chi connectivity index (χ0n) is 14.3. The predicted octanol–water partition coefficient (Wildman–Crippen LogP) is 1.09. The van der Waals surface area contributed by atoms with Gasteiger partial charge in [0.25, 0.3) is 0 Å². The van der Waals surface area contributed by atoms with Gasteiger partial charge in [-0.3, -0.25) is 0 Å². The van der Waals surface area contributed by atoms with Crippen molar-refractivity contribution in [1.82, 2.24) is 9.03 Å². The molecule has 9 heteroatoms. The lowest BCUT2D eigenvalue weighted by atomic mass is 10.1. The number of sulfonamides is 2. The predicted molar refractivity (Wildman–Crippen MR) is 91.6 cm³/mol. The summed E-state index contributed by atoms with van der Waals surface area (Å²) < 4.78 is 58.1. The Morgan fingerprint density at radius 3 is 2.21 bits per heavy atom. The van der Waals surface area contributed by atoms with Crippen LogP contribution >= 0.6 is 0 Å². The largest absolute Gasteiger partial charge is 0.377 e. The highest BCUT2D eigenvalue weighted by Crippen LogP contribution is 2.23. The van der Waals surface area contributed by atoms with E-state index in [1.165, 1.54) is 26.2 Å². The summed E-state index contributed by atoms with van der Waals surface area (Å²) in [6.45, 7) is 3.92. The first-order valence-electron chi connectivity index (χ1n) is 7.71. The first-order chi connectivity index (χ1) is 11.1. The summed E-state index contributed by atoms with van der Waals surface area (Å²) in [6.07, 6.45) is 0.144. The van der Waals surface area contributed by atoms with Gasteiger partial charge in [-0.1, -0.05) is 12.1 Å². The molecule has 1 aromatic carbocycles. The minimum atomic E-state index is -3.51. The number of benzene rings is 1. The Kier molecular flexibility index (Phi) is 5.71. The lowest BCUT2D eigenvalue weighted by Gasteiger charge is -2.20. The van der Waals surface area contributed by atoms with E-state index in [2.05, 4.69) is 4.72 Å². The number of hydrogen-bond donors (Lipinski definition) is 1. The molecular formula is C15H24N2O5S2. The molecule has 0 aliphatic carbocycles. The van der Waals surface area contributed by atoms with Gasteiger partial charge in [0.05, 0.1) is 11.0 Å². The van der Waals surface area contributed by atoms with E-state index in [0.29, 0.717) is 18.6 Å². The molecule has 136 valence electrons. The van der Waals surface area contributed by atoms with Crippen molar-refractivity contribution in [2.24, 2.45) is 0 Å². The fraction of sp³-hybridized carbons (Fsp3) is 0.600. The number of ether oxygens (including phenoxy) is 1. The van der Waals surface area contributed by atoms with Crippen molar-refractivity contribution in [1.29, 1.82) is 0 Å². The van der Waals surface area contributed by atoms with Gasteiger partial charge in [0, 0.05) is 26.7 Å². The van der Waals surface area contributed by atoms with Gasteiger partial charge < -0.3 is 4.74 Å². The Bertz CT molecular complexity index is 773. The molecule has 1 N–H and O–H groups in total. The van der Waals surface area contributed by atoms with E-state index in [0.717, 1.165) is 4.31 Å². The quantitative estimate of drug-likeness (QED) is 0.802. The molecule has 24 heavy (non-hydrogen) atoms. The Morgan fingerprint density at radius 1 is 1.17 bits per heavy atom. The molecule has 1 aliphatic heterocycles. The molecule has 1 heterocycles. The summed E-state index contributed by atoms with van der Waals surface area (Å²) in [5.74, 6) is 0. The first kappa shape index (κ1) is 19.3. The van der Waals surface area contributed by atoms with E-state index in [-0.39, 0.29) is 11.0 Å². The third kappa shape index (κ3) is 3.97. The molecule has 1 fully saturated rings. The van der Waals surface area contributed by atoms with Crippen LogP contribution in [0.3, 0.4) is 0 Å². The zero-order valence-corrected chi connectivity index (χ0v) is 15.9. The molecular weight excluding hydrogens is 352 g/mol. The van der Waals surface area contributed by atoms with Crippen molar-refractivity contribution in [3.63, 3.8) is 0 Å². The molecule has 1 aliphatic rings. The maximum Gasteiger partial charge on any atom is 0.242 e. The zero-order chi connectivity index (χ0) is 18.1. The molecule has 0 saturated carbocycles. The molecule has 0 radical (unpaired) electrons. The number of nitrogens with one attached hydrogen (secondary N) is 1. The molecule has 7 nitrogen and oxygen atoms in total. The standard InChI is InChI=1S/C15H24N2O5S2/c1-11(16-23(18,19)15-9-10-22-12(15)2)13-5-7-14(8-6-13)24(20,21)17(3)4/h5-8,11-12,15-16H,9-10H2,1-4H3. The van der Waals surface area contributed by atoms with Gasteiger partial charge in [0.15, 0.2) is 0 Å². The minimum absolute atomic E-state index is 0.170. The lowest BCUT2D eigenvalue weighted by molar-refractivity contribution is 0.126. The van der Waals surface area contributed by atoms with Crippen LogP contribution in [0.4, 0.5) is 0 Å². The van der Waals surface area contributed by atoms with Crippen LogP contribution in [0.15, 0.2) is 29.2 Å². The SMILES string of the molecule is CC(NS(=O)(=O)C1CCOC1C)c1ccc(S(=O)(=O)N(C)C)cc1. The van der Waals surface area contributed by atoms with E-state index < -0.39 is 31.3 Å². The summed E-state index contributed by atoms with van der Waals surface area (Å²) in [5, 5.41) is -0.562. The molecule has 2 rings (SSSR count). The third-order valence-electron chi connectivity index (χ3n) is 4.20. The second kappa shape index (κ2) is 7.09. The number of rotatable bonds is 6. The van der Waals surface area contributed by atoms with Crippen LogP contribution in [-0.4, -0.2) is 53.2 Å². The molecule has 3 unspecified atom stereocenters. The Balaban J connectivity index is 2.15. The van der Waals surface area contributed by atoms with Gasteiger partial charge in [0.2, 0.25) is 20.0 Å². The average Bonchev–Trinajstić information content (AvgIpc) is 2.94. The smallest absolute Gasteiger partial charge is 0.242 e. The van der Waals surface area contributed by atoms with E-state index in [1.54, 1.807) is 26.0 Å². The van der Waals surface area contributed by atoms with Crippen LogP contribution in [0.25, 0.3) is 0 Å². The van der Waals surface area contributed by atoms with Crippen LogP contribution in [-0.2, 0) is 24.8 Å². The molecule has 1 saturated heterocycles. The van der Waals surface area contributed by atoms with Crippen molar-refractivity contribution < 1.29 is 21.6 Å². The van der Waals surface area contributed by atoms with Gasteiger partial charge in [0.1, 0.15) is 5.25 Å². The maximum absolute atomic E-state index is 12.4. The van der Waals surface area contributed by atoms with Crippen LogP contribution in [0, 0.1) is 0 Å². The lowest BCUT2D eigenvalue weighted by Crippen LogP contribution is -2.39. The monoisotopic (exact) mass is 376 g/mol. The highest BCUT2D eigenvalue weighted by molar-refractivity contribution is 7.90. The topological polar surface area (TPSA) is 92.8 Å². The Labute approximate surface area is 144 Å². The van der Waals surface area contributed by atoms with Crippen LogP contribution < -0.4 is 4.72 Å². The van der Waals surface area contributed by atoms with Crippen LogP contribution in [0.5, 0.6) is 0 Å². The van der Waals surface area contributed by atoms with E-state index in [1.807, 2.05) is 0 Å². The normalized spacial score (nSPS) is 23.5. The Morgan fingerprint density at radius 2 is 1.75 bits per heavy atom. The highest BCUT2D eigenvalue weighted by atomic mass is 32.2. The van der Waals surface area contributed by atoms with E-state index >= 15 is 0 Å². The maximum atomic E-state index is 12.4. The van der Waals surface area contributed by atoms with Crippen molar-refractivity contribution in [2.75, 3.05) is 20.7 Å². The number of hydrogen-bond acceptors (Lipinski definition) is 5. The van der Waals surface area contributed by atoms with Crippen LogP contribution in [0.2, 0.25) is 0 Å². The van der Waals surface area contributed by atoms with Crippen LogP contribution in [0.1, 0.15) is 31.9 Å². The van der Waals surface area contributed by atoms with Gasteiger partial charge in [-0.05, 0) is 38.0 Å². The van der Waals surface area contributed by atoms with Crippen molar-refractivity contribution >= 4 is 20.0 Å². The van der Waals surface area contributed by atoms with Gasteiger partial charge in [-0.2, -0.15) is 0 Å². The summed E-state index contributed by atoms with van der Waals surface area (Å²) in [6, 6.07) is 5.75. The van der Waals surface area contributed by atoms with E-state index in [4.69, 9.17) is 4.74 Å². The highest BCUT2D eigenvalue weighted by Gasteiger charge is 2.36. The molecule has 3 atom stereocenters. The number of nitrogens with zero attached hydrogens (tertiary/aromatic N) is 1. The Hall–Kier alpha value is -1.00. The third-order valence-corrected chi connectivity index (χ3v) is 8.13. The fourth-order valence-corrected chi connectivity index (χ4v) is 5.36. The summed E-state index contributed by atoms with van der Waals surface area (Å²) in [7, 11) is -4.08. The molecule has 0 bridgehead atoms. The van der Waals surface area contributed by atoms with Gasteiger partial charge in [-0.15, -0.1) is 0 Å².